The summed E-state index contributed by atoms with van der Waals surface area (Å²) in [6.07, 6.45) is 0. The van der Waals surface area contributed by atoms with E-state index < -0.39 is 0 Å². The Balaban J connectivity index is 3.43. The Hall–Kier alpha value is -1.32. The lowest BCUT2D eigenvalue weighted by atomic mass is 10.2. The molecule has 0 aliphatic rings. The van der Waals surface area contributed by atoms with Crippen LogP contribution in [0.3, 0.4) is 0 Å². The van der Waals surface area contributed by atoms with Gasteiger partial charge in [0.2, 0.25) is 5.69 Å². The van der Waals surface area contributed by atoms with Crippen LogP contribution in [0.4, 0.5) is 5.69 Å². The highest BCUT2D eigenvalue weighted by molar-refractivity contribution is 7.13. The van der Waals surface area contributed by atoms with Gasteiger partial charge in [0.25, 0.3) is 0 Å². The van der Waals surface area contributed by atoms with E-state index in [1.54, 1.807) is 0 Å². The molecule has 2 nitrogen and oxygen atoms in total. The first-order valence-electron chi connectivity index (χ1n) is 3.08. The Morgan fingerprint density at radius 3 is 2.45 bits per heavy atom. The van der Waals surface area contributed by atoms with E-state index in [4.69, 9.17) is 11.8 Å². The summed E-state index contributed by atoms with van der Waals surface area (Å²) in [6, 6.07) is 2.07. The number of hydrogen-bond acceptors (Lipinski definition) is 2. The summed E-state index contributed by atoms with van der Waals surface area (Å²) >= 11 is 1.39. The maximum Gasteiger partial charge on any atom is 0.204 e. The minimum Gasteiger partial charge on any atom is -0.237 e. The summed E-state index contributed by atoms with van der Waals surface area (Å²) in [5, 5.41) is 8.61. The molecule has 1 aromatic rings. The molecule has 0 aliphatic heterocycles. The van der Waals surface area contributed by atoms with Gasteiger partial charge in [0.1, 0.15) is 6.07 Å². The van der Waals surface area contributed by atoms with Gasteiger partial charge >= 0.3 is 0 Å². The second kappa shape index (κ2) is 2.74. The molecule has 0 aliphatic carbocycles. The molecule has 0 unspecified atom stereocenters. The van der Waals surface area contributed by atoms with E-state index in [1.165, 1.54) is 11.3 Å². The largest absolute Gasteiger partial charge is 0.237 e. The molecule has 1 aromatic heterocycles. The minimum absolute atomic E-state index is 0.645. The molecule has 0 spiro atoms. The SMILES string of the molecule is [C-]#[N+]c1c(C)sc(C#N)c1C. The van der Waals surface area contributed by atoms with Crippen molar-refractivity contribution in [1.82, 2.24) is 0 Å². The number of nitrogens with zero attached hydrogens (tertiary/aromatic N) is 2. The zero-order valence-corrected chi connectivity index (χ0v) is 7.12. The Morgan fingerprint density at radius 1 is 1.55 bits per heavy atom. The number of nitriles is 1. The van der Waals surface area contributed by atoms with Gasteiger partial charge in [0, 0.05) is 4.88 Å². The minimum atomic E-state index is 0.645. The van der Waals surface area contributed by atoms with Gasteiger partial charge in [-0.1, -0.05) is 0 Å². The monoisotopic (exact) mass is 162 g/mol. The number of rotatable bonds is 0. The van der Waals surface area contributed by atoms with Crippen molar-refractivity contribution in [3.63, 3.8) is 0 Å². The first-order valence-corrected chi connectivity index (χ1v) is 3.90. The van der Waals surface area contributed by atoms with Gasteiger partial charge in [-0.3, -0.25) is 0 Å². The smallest absolute Gasteiger partial charge is 0.204 e. The van der Waals surface area contributed by atoms with Crippen LogP contribution >= 0.6 is 11.3 Å². The van der Waals surface area contributed by atoms with Crippen LogP contribution in [-0.4, -0.2) is 0 Å². The van der Waals surface area contributed by atoms with Gasteiger partial charge in [-0.2, -0.15) is 5.26 Å². The Labute approximate surface area is 69.5 Å². The maximum absolute atomic E-state index is 8.61. The van der Waals surface area contributed by atoms with Gasteiger partial charge in [-0.15, -0.1) is 11.3 Å². The average molecular weight is 162 g/mol. The van der Waals surface area contributed by atoms with Crippen molar-refractivity contribution < 1.29 is 0 Å². The first-order chi connectivity index (χ1) is 5.20. The normalized spacial score (nSPS) is 8.73. The maximum atomic E-state index is 8.61. The zero-order chi connectivity index (χ0) is 8.43. The molecular formula is C8H6N2S. The van der Waals surface area contributed by atoms with Crippen molar-refractivity contribution in [2.75, 3.05) is 0 Å². The summed E-state index contributed by atoms with van der Waals surface area (Å²) in [5.74, 6) is 0. The molecule has 0 amide bonds. The molecule has 0 bridgehead atoms. The van der Waals surface area contributed by atoms with E-state index in [9.17, 15) is 0 Å². The molecule has 3 heteroatoms. The highest BCUT2D eigenvalue weighted by Crippen LogP contribution is 2.33. The molecule has 0 saturated heterocycles. The standard InChI is InChI=1S/C8H6N2S/c1-5-7(4-9)11-6(2)8(5)10-3/h1-2H3. The summed E-state index contributed by atoms with van der Waals surface area (Å²) in [6.45, 7) is 10.5. The van der Waals surface area contributed by atoms with Crippen molar-refractivity contribution >= 4 is 17.0 Å². The van der Waals surface area contributed by atoms with Crippen molar-refractivity contribution in [2.45, 2.75) is 13.8 Å². The van der Waals surface area contributed by atoms with Crippen LogP contribution in [0, 0.1) is 31.8 Å². The van der Waals surface area contributed by atoms with Crippen LogP contribution < -0.4 is 0 Å². The third-order valence-electron chi connectivity index (χ3n) is 1.50. The van der Waals surface area contributed by atoms with E-state index in [0.717, 1.165) is 10.4 Å². The second-order valence-corrected chi connectivity index (χ2v) is 3.41. The highest BCUT2D eigenvalue weighted by Gasteiger charge is 2.10. The predicted molar refractivity (Wildman–Crippen MR) is 44.8 cm³/mol. The molecule has 0 atom stereocenters. The van der Waals surface area contributed by atoms with Gasteiger partial charge in [0.05, 0.1) is 11.4 Å². The molecule has 0 saturated carbocycles. The van der Waals surface area contributed by atoms with E-state index in [1.807, 2.05) is 13.8 Å². The molecule has 0 radical (unpaired) electrons. The molecule has 0 aromatic carbocycles. The van der Waals surface area contributed by atoms with Crippen molar-refractivity contribution in [3.05, 3.63) is 26.7 Å². The number of thiophene rings is 1. The van der Waals surface area contributed by atoms with E-state index in [2.05, 4.69) is 10.9 Å². The molecule has 54 valence electrons. The molecule has 0 fully saturated rings. The van der Waals surface area contributed by atoms with E-state index in [-0.39, 0.29) is 0 Å². The predicted octanol–water partition coefficient (Wildman–Crippen LogP) is 2.79. The van der Waals surface area contributed by atoms with Crippen LogP contribution in [0.15, 0.2) is 0 Å². The Bertz CT molecular complexity index is 363. The third kappa shape index (κ3) is 1.11. The van der Waals surface area contributed by atoms with Crippen LogP contribution in [0.25, 0.3) is 4.85 Å². The van der Waals surface area contributed by atoms with Crippen molar-refractivity contribution in [2.24, 2.45) is 0 Å². The van der Waals surface area contributed by atoms with Crippen molar-refractivity contribution in [3.8, 4) is 6.07 Å². The molecule has 0 N–H and O–H groups in total. The van der Waals surface area contributed by atoms with Gasteiger partial charge in [-0.25, -0.2) is 4.85 Å². The fourth-order valence-electron chi connectivity index (χ4n) is 0.919. The summed E-state index contributed by atoms with van der Waals surface area (Å²) in [5.41, 5.74) is 1.47. The van der Waals surface area contributed by atoms with Crippen LogP contribution in [-0.2, 0) is 0 Å². The Kier molecular flexibility index (Phi) is 1.94. The topological polar surface area (TPSA) is 28.1 Å². The molecule has 1 heterocycles. The molecular weight excluding hydrogens is 156 g/mol. The number of hydrogen-bond donors (Lipinski definition) is 0. The lowest BCUT2D eigenvalue weighted by Crippen LogP contribution is -1.68. The van der Waals surface area contributed by atoms with E-state index >= 15 is 0 Å². The van der Waals surface area contributed by atoms with Gasteiger partial charge < -0.3 is 0 Å². The average Bonchev–Trinajstić information content (AvgIpc) is 2.26. The Morgan fingerprint density at radius 2 is 2.18 bits per heavy atom. The van der Waals surface area contributed by atoms with Gasteiger partial charge in [0.15, 0.2) is 0 Å². The second-order valence-electron chi connectivity index (χ2n) is 2.18. The quantitative estimate of drug-likeness (QED) is 0.539. The first kappa shape index (κ1) is 7.78. The fourth-order valence-corrected chi connectivity index (χ4v) is 1.82. The molecule has 11 heavy (non-hydrogen) atoms. The molecule has 1 rings (SSSR count). The summed E-state index contributed by atoms with van der Waals surface area (Å²) in [7, 11) is 0. The van der Waals surface area contributed by atoms with Gasteiger partial charge in [-0.05, 0) is 19.4 Å². The van der Waals surface area contributed by atoms with E-state index in [0.29, 0.717) is 10.6 Å². The zero-order valence-electron chi connectivity index (χ0n) is 6.30. The lowest BCUT2D eigenvalue weighted by Gasteiger charge is -1.85. The van der Waals surface area contributed by atoms with Crippen LogP contribution in [0.5, 0.6) is 0 Å². The van der Waals surface area contributed by atoms with Crippen LogP contribution in [0.1, 0.15) is 15.3 Å². The lowest BCUT2D eigenvalue weighted by molar-refractivity contribution is 1.46. The van der Waals surface area contributed by atoms with Crippen molar-refractivity contribution in [1.29, 1.82) is 5.26 Å². The van der Waals surface area contributed by atoms with Crippen LogP contribution in [0.2, 0.25) is 0 Å². The number of aryl methyl sites for hydroxylation is 1. The third-order valence-corrected chi connectivity index (χ3v) is 2.60. The highest BCUT2D eigenvalue weighted by atomic mass is 32.1. The summed E-state index contributed by atoms with van der Waals surface area (Å²) < 4.78 is 0. The fraction of sp³-hybridized carbons (Fsp3) is 0.250. The summed E-state index contributed by atoms with van der Waals surface area (Å²) in [4.78, 5) is 4.95.